The number of methoxy groups -OCH3 is 6. The van der Waals surface area contributed by atoms with Gasteiger partial charge in [-0.3, -0.25) is 4.72 Å². The number of sulfonamides is 1. The van der Waals surface area contributed by atoms with Gasteiger partial charge in [-0.2, -0.15) is 0 Å². The van der Waals surface area contributed by atoms with Crippen molar-refractivity contribution in [1.82, 2.24) is 0 Å². The van der Waals surface area contributed by atoms with Crippen molar-refractivity contribution in [2.24, 2.45) is 0 Å². The third-order valence-electron chi connectivity index (χ3n) is 5.38. The molecule has 0 amide bonds. The maximum Gasteiger partial charge on any atom is 0.261 e. The predicted octanol–water partition coefficient (Wildman–Crippen LogP) is 5.36. The highest BCUT2D eigenvalue weighted by molar-refractivity contribution is 7.92. The van der Waals surface area contributed by atoms with Crippen LogP contribution in [0, 0.1) is 0 Å². The lowest BCUT2D eigenvalue weighted by atomic mass is 10.1. The first-order chi connectivity index (χ1) is 17.7. The Morgan fingerprint density at radius 2 is 1.24 bits per heavy atom. The van der Waals surface area contributed by atoms with Gasteiger partial charge in [0.15, 0.2) is 23.0 Å². The van der Waals surface area contributed by atoms with E-state index >= 15 is 0 Å². The van der Waals surface area contributed by atoms with Gasteiger partial charge in [0.05, 0.1) is 58.3 Å². The monoisotopic (exact) mass is 549 g/mol. The minimum absolute atomic E-state index is 0.0346. The summed E-state index contributed by atoms with van der Waals surface area (Å²) in [6.45, 7) is 0. The summed E-state index contributed by atoms with van der Waals surface area (Å²) in [5.74, 6) is 2.54. The number of rotatable bonds is 11. The zero-order valence-electron chi connectivity index (χ0n) is 21.2. The molecule has 37 heavy (non-hydrogen) atoms. The lowest BCUT2D eigenvalue weighted by Crippen LogP contribution is -2.14. The summed E-state index contributed by atoms with van der Waals surface area (Å²) < 4.78 is 61.2. The number of nitrogens with one attached hydrogen (secondary N) is 1. The molecule has 198 valence electrons. The first kappa shape index (κ1) is 27.8. The SMILES string of the molecule is COc1ccc(S(=O)(=O)Nc2cc(OC)c(OC)cc2/C=C\c2cc(OC)c(OC)c(OC)c2)cc1Cl. The second kappa shape index (κ2) is 12.0. The molecule has 0 aliphatic rings. The molecule has 3 aromatic rings. The molecule has 0 spiro atoms. The zero-order valence-corrected chi connectivity index (χ0v) is 22.8. The fourth-order valence-electron chi connectivity index (χ4n) is 3.52. The number of hydrogen-bond donors (Lipinski definition) is 1. The van der Waals surface area contributed by atoms with Gasteiger partial charge in [0.2, 0.25) is 5.75 Å². The highest BCUT2D eigenvalue weighted by Gasteiger charge is 2.20. The second-order valence-corrected chi connectivity index (χ2v) is 9.58. The van der Waals surface area contributed by atoms with E-state index in [1.54, 1.807) is 30.4 Å². The van der Waals surface area contributed by atoms with Crippen molar-refractivity contribution in [3.05, 3.63) is 58.6 Å². The van der Waals surface area contributed by atoms with Crippen molar-refractivity contribution < 1.29 is 36.8 Å². The van der Waals surface area contributed by atoms with Crippen molar-refractivity contribution in [1.29, 1.82) is 0 Å². The molecule has 0 atom stereocenters. The number of anilines is 1. The fraction of sp³-hybridized carbons (Fsp3) is 0.231. The van der Waals surface area contributed by atoms with Crippen LogP contribution in [0.5, 0.6) is 34.5 Å². The van der Waals surface area contributed by atoms with Gasteiger partial charge < -0.3 is 28.4 Å². The molecule has 0 aliphatic carbocycles. The maximum absolute atomic E-state index is 13.2. The van der Waals surface area contributed by atoms with Crippen LogP contribution in [-0.2, 0) is 10.0 Å². The number of halogens is 1. The molecule has 0 heterocycles. The van der Waals surface area contributed by atoms with Gasteiger partial charge in [0.1, 0.15) is 5.75 Å². The van der Waals surface area contributed by atoms with E-state index in [1.165, 1.54) is 66.9 Å². The van der Waals surface area contributed by atoms with Crippen molar-refractivity contribution in [2.75, 3.05) is 47.4 Å². The van der Waals surface area contributed by atoms with Gasteiger partial charge in [0.25, 0.3) is 10.0 Å². The molecule has 1 N–H and O–H groups in total. The Hall–Kier alpha value is -3.76. The van der Waals surface area contributed by atoms with Gasteiger partial charge in [-0.15, -0.1) is 0 Å². The summed E-state index contributed by atoms with van der Waals surface area (Å²) in [5, 5.41) is 0.167. The molecule has 0 aromatic heterocycles. The van der Waals surface area contributed by atoms with Crippen LogP contribution >= 0.6 is 11.6 Å². The molecular weight excluding hydrogens is 522 g/mol. The molecule has 0 saturated carbocycles. The zero-order chi connectivity index (χ0) is 27.2. The van der Waals surface area contributed by atoms with Crippen molar-refractivity contribution >= 4 is 39.5 Å². The lowest BCUT2D eigenvalue weighted by Gasteiger charge is -2.16. The van der Waals surface area contributed by atoms with E-state index in [-0.39, 0.29) is 15.6 Å². The molecular formula is C26H28ClNO8S. The molecule has 0 bridgehead atoms. The highest BCUT2D eigenvalue weighted by atomic mass is 35.5. The summed E-state index contributed by atoms with van der Waals surface area (Å²) >= 11 is 6.15. The summed E-state index contributed by atoms with van der Waals surface area (Å²) in [4.78, 5) is -0.0346. The van der Waals surface area contributed by atoms with Crippen LogP contribution in [0.3, 0.4) is 0 Å². The molecule has 0 radical (unpaired) electrons. The second-order valence-electron chi connectivity index (χ2n) is 7.49. The van der Waals surface area contributed by atoms with Crippen LogP contribution < -0.4 is 33.1 Å². The van der Waals surface area contributed by atoms with Crippen molar-refractivity contribution in [3.63, 3.8) is 0 Å². The number of benzene rings is 3. The average molecular weight is 550 g/mol. The van der Waals surface area contributed by atoms with E-state index in [4.69, 9.17) is 40.0 Å². The van der Waals surface area contributed by atoms with E-state index in [9.17, 15) is 8.42 Å². The lowest BCUT2D eigenvalue weighted by molar-refractivity contribution is 0.324. The van der Waals surface area contributed by atoms with E-state index in [0.29, 0.717) is 40.1 Å². The minimum atomic E-state index is -4.02. The standard InChI is InChI=1S/C26H28ClNO8S/c1-31-21-10-9-18(14-19(21)27)37(29,30)28-20-15-23(33-3)22(32-2)13-17(20)8-7-16-11-24(34-4)26(36-6)25(12-16)35-5/h7-15,28H,1-6H3/b8-7-. The first-order valence-corrected chi connectivity index (χ1v) is 12.7. The maximum atomic E-state index is 13.2. The largest absolute Gasteiger partial charge is 0.495 e. The minimum Gasteiger partial charge on any atom is -0.495 e. The molecule has 0 unspecified atom stereocenters. The third-order valence-corrected chi connectivity index (χ3v) is 7.03. The summed E-state index contributed by atoms with van der Waals surface area (Å²) in [7, 11) is 4.96. The van der Waals surface area contributed by atoms with Crippen LogP contribution in [0.2, 0.25) is 5.02 Å². The Kier molecular flexibility index (Phi) is 9.01. The van der Waals surface area contributed by atoms with Gasteiger partial charge >= 0.3 is 0 Å². The predicted molar refractivity (Wildman–Crippen MR) is 143 cm³/mol. The summed E-state index contributed by atoms with van der Waals surface area (Å²) in [6, 6.07) is 10.9. The molecule has 11 heteroatoms. The Labute approximate surface area is 221 Å². The van der Waals surface area contributed by atoms with Crippen LogP contribution in [-0.4, -0.2) is 51.1 Å². The molecule has 0 saturated heterocycles. The van der Waals surface area contributed by atoms with Crippen LogP contribution in [0.15, 0.2) is 47.4 Å². The Morgan fingerprint density at radius 1 is 0.676 bits per heavy atom. The normalized spacial score (nSPS) is 11.2. The van der Waals surface area contributed by atoms with Crippen molar-refractivity contribution in [2.45, 2.75) is 4.90 Å². The van der Waals surface area contributed by atoms with Crippen LogP contribution in [0.25, 0.3) is 12.2 Å². The molecule has 3 rings (SSSR count). The van der Waals surface area contributed by atoms with Crippen molar-refractivity contribution in [3.8, 4) is 34.5 Å². The number of hydrogen-bond acceptors (Lipinski definition) is 8. The van der Waals surface area contributed by atoms with E-state index < -0.39 is 10.0 Å². The van der Waals surface area contributed by atoms with Gasteiger partial charge in [-0.1, -0.05) is 23.8 Å². The summed E-state index contributed by atoms with van der Waals surface area (Å²) in [6.07, 6.45) is 3.50. The highest BCUT2D eigenvalue weighted by Crippen LogP contribution is 2.40. The Morgan fingerprint density at radius 3 is 1.76 bits per heavy atom. The van der Waals surface area contributed by atoms with E-state index in [0.717, 1.165) is 5.56 Å². The Balaban J connectivity index is 2.08. The van der Waals surface area contributed by atoms with Gasteiger partial charge in [0, 0.05) is 11.6 Å². The quantitative estimate of drug-likeness (QED) is 0.319. The summed E-state index contributed by atoms with van der Waals surface area (Å²) in [5.41, 5.74) is 1.49. The molecule has 0 aliphatic heterocycles. The smallest absolute Gasteiger partial charge is 0.261 e. The van der Waals surface area contributed by atoms with E-state index in [2.05, 4.69) is 4.72 Å². The third kappa shape index (κ3) is 6.15. The molecule has 0 fully saturated rings. The first-order valence-electron chi connectivity index (χ1n) is 10.8. The molecule has 3 aromatic carbocycles. The topological polar surface area (TPSA) is 102 Å². The average Bonchev–Trinajstić information content (AvgIpc) is 2.90. The fourth-order valence-corrected chi connectivity index (χ4v) is 4.95. The van der Waals surface area contributed by atoms with Crippen LogP contribution in [0.4, 0.5) is 5.69 Å². The number of ether oxygens (including phenoxy) is 6. The molecule has 9 nitrogen and oxygen atoms in total. The Bertz CT molecular complexity index is 1380. The van der Waals surface area contributed by atoms with Crippen LogP contribution in [0.1, 0.15) is 11.1 Å². The van der Waals surface area contributed by atoms with E-state index in [1.807, 2.05) is 0 Å². The van der Waals surface area contributed by atoms with Gasteiger partial charge in [-0.25, -0.2) is 8.42 Å². The van der Waals surface area contributed by atoms with Gasteiger partial charge in [-0.05, 0) is 42.0 Å².